The number of halogens is 3. The molecule has 8 nitrogen and oxygen atoms in total. The van der Waals surface area contributed by atoms with Crippen molar-refractivity contribution >= 4 is 5.91 Å². The fourth-order valence-electron chi connectivity index (χ4n) is 4.51. The van der Waals surface area contributed by atoms with Crippen LogP contribution >= 0.6 is 0 Å². The average molecular weight is 535 g/mol. The van der Waals surface area contributed by atoms with Gasteiger partial charge in [-0.05, 0) is 49.3 Å². The van der Waals surface area contributed by atoms with Gasteiger partial charge in [0.05, 0.1) is 17.3 Å². The predicted octanol–water partition coefficient (Wildman–Crippen LogP) is 4.69. The van der Waals surface area contributed by atoms with Gasteiger partial charge in [0.15, 0.2) is 0 Å². The third kappa shape index (κ3) is 8.12. The van der Waals surface area contributed by atoms with Gasteiger partial charge in [0.1, 0.15) is 11.6 Å². The number of aromatic amines is 1. The largest absolute Gasteiger partial charge is 0.422 e. The molecular weight excluding hydrogens is 497 g/mol. The van der Waals surface area contributed by atoms with Gasteiger partial charge in [-0.1, -0.05) is 34.1 Å². The number of H-pyrrole nitrogens is 1. The van der Waals surface area contributed by atoms with E-state index in [0.29, 0.717) is 18.7 Å². The summed E-state index contributed by atoms with van der Waals surface area (Å²) in [6, 6.07) is 5.09. The molecule has 11 heteroatoms. The summed E-state index contributed by atoms with van der Waals surface area (Å²) >= 11 is 0. The summed E-state index contributed by atoms with van der Waals surface area (Å²) in [4.78, 5) is 30.1. The van der Waals surface area contributed by atoms with Crippen LogP contribution in [0, 0.1) is 23.7 Å². The van der Waals surface area contributed by atoms with E-state index < -0.39 is 28.8 Å². The molecule has 1 aliphatic rings. The number of pyridine rings is 1. The Morgan fingerprint density at radius 3 is 2.53 bits per heavy atom. The molecule has 1 unspecified atom stereocenters. The van der Waals surface area contributed by atoms with Gasteiger partial charge in [0, 0.05) is 37.9 Å². The number of carbonyl (C=O) groups is 1. The summed E-state index contributed by atoms with van der Waals surface area (Å²) in [5, 5.41) is 17.5. The van der Waals surface area contributed by atoms with Crippen LogP contribution in [0.1, 0.15) is 87.5 Å². The minimum Gasteiger partial charge on any atom is -0.343 e. The molecule has 0 aromatic carbocycles. The minimum absolute atomic E-state index is 0.0363. The highest BCUT2D eigenvalue weighted by Crippen LogP contribution is 2.46. The number of hydrogen-bond acceptors (Lipinski definition) is 6. The van der Waals surface area contributed by atoms with E-state index in [1.165, 1.54) is 0 Å². The quantitative estimate of drug-likeness (QED) is 0.482. The van der Waals surface area contributed by atoms with E-state index in [1.54, 1.807) is 12.3 Å². The number of unbranched alkanes of at least 4 members (excludes halogenated alkanes) is 1. The fourth-order valence-corrected chi connectivity index (χ4v) is 4.51. The lowest BCUT2D eigenvalue weighted by molar-refractivity contribution is -0.139. The number of aromatic nitrogens is 3. The number of nitrogens with one attached hydrogen (secondary N) is 2. The molecule has 38 heavy (non-hydrogen) atoms. The Hall–Kier alpha value is -3.26. The van der Waals surface area contributed by atoms with Crippen molar-refractivity contribution < 1.29 is 18.0 Å². The molecule has 0 fully saturated rings. The Bertz CT molecular complexity index is 1170. The second-order valence-corrected chi connectivity index (χ2v) is 10.1. The van der Waals surface area contributed by atoms with Crippen molar-refractivity contribution in [3.05, 3.63) is 56.8 Å². The molecule has 0 bridgehead atoms. The van der Waals surface area contributed by atoms with Crippen molar-refractivity contribution in [2.24, 2.45) is 5.41 Å². The third-order valence-corrected chi connectivity index (χ3v) is 6.44. The molecule has 3 rings (SSSR count). The highest BCUT2D eigenvalue weighted by atomic mass is 19.4. The number of hydrogen-bond donors (Lipinski definition) is 2. The molecule has 2 aromatic heterocycles. The van der Waals surface area contributed by atoms with Crippen LogP contribution in [-0.2, 0) is 17.4 Å². The van der Waals surface area contributed by atoms with E-state index in [1.807, 2.05) is 49.8 Å². The van der Waals surface area contributed by atoms with Crippen LogP contribution in [0.2, 0.25) is 0 Å². The summed E-state index contributed by atoms with van der Waals surface area (Å²) in [7, 11) is 0. The molecule has 1 atom stereocenters. The Labute approximate surface area is 221 Å². The molecule has 1 amide bonds. The summed E-state index contributed by atoms with van der Waals surface area (Å²) in [6.45, 7) is 11.4. The Balaban J connectivity index is 0.000000474. The van der Waals surface area contributed by atoms with Gasteiger partial charge in [-0.2, -0.15) is 23.5 Å². The number of amides is 1. The molecule has 2 N–H and O–H groups in total. The first kappa shape index (κ1) is 31.0. The summed E-state index contributed by atoms with van der Waals surface area (Å²) in [5.74, 6) is 0.0363. The Kier molecular flexibility index (Phi) is 11.0. The van der Waals surface area contributed by atoms with Crippen LogP contribution in [0.4, 0.5) is 13.2 Å². The second kappa shape index (κ2) is 13.5. The third-order valence-electron chi connectivity index (χ3n) is 6.44. The van der Waals surface area contributed by atoms with Gasteiger partial charge >= 0.3 is 6.18 Å². The molecular formula is C27H37F3N6O2. The number of nitrogens with zero attached hydrogens (tertiary/aromatic N) is 4. The lowest BCUT2D eigenvalue weighted by Crippen LogP contribution is -2.37. The minimum atomic E-state index is -4.73. The van der Waals surface area contributed by atoms with E-state index in [4.69, 9.17) is 5.26 Å². The number of aryl methyl sites for hydroxylation is 1. The molecule has 2 aromatic rings. The number of fused-ring (bicyclic) bond motifs is 1. The van der Waals surface area contributed by atoms with Crippen molar-refractivity contribution in [3.8, 4) is 6.07 Å². The smallest absolute Gasteiger partial charge is 0.343 e. The maximum atomic E-state index is 13.4. The van der Waals surface area contributed by atoms with Crippen LogP contribution in [0.15, 0.2) is 23.1 Å². The number of carbonyl (C=O) groups excluding carboxylic acids is 1. The van der Waals surface area contributed by atoms with Crippen LogP contribution in [-0.4, -0.2) is 45.6 Å². The molecule has 0 aliphatic heterocycles. The van der Waals surface area contributed by atoms with Crippen molar-refractivity contribution in [3.63, 3.8) is 0 Å². The van der Waals surface area contributed by atoms with Gasteiger partial charge in [0.2, 0.25) is 5.91 Å². The Morgan fingerprint density at radius 1 is 1.26 bits per heavy atom. The first-order valence-electron chi connectivity index (χ1n) is 12.9. The maximum absolute atomic E-state index is 13.4. The van der Waals surface area contributed by atoms with Gasteiger partial charge in [0.25, 0.3) is 5.56 Å². The van der Waals surface area contributed by atoms with Gasteiger partial charge in [-0.3, -0.25) is 14.6 Å². The molecule has 0 spiro atoms. The van der Waals surface area contributed by atoms with Crippen LogP contribution < -0.4 is 10.9 Å². The Morgan fingerprint density at radius 2 is 1.97 bits per heavy atom. The number of rotatable bonds is 9. The topological polar surface area (TPSA) is 115 Å². The van der Waals surface area contributed by atoms with E-state index in [-0.39, 0.29) is 30.0 Å². The van der Waals surface area contributed by atoms with E-state index in [0.717, 1.165) is 31.5 Å². The first-order valence-corrected chi connectivity index (χ1v) is 12.9. The molecule has 0 saturated heterocycles. The summed E-state index contributed by atoms with van der Waals surface area (Å²) in [5.41, 5.74) is -1.23. The zero-order valence-electron chi connectivity index (χ0n) is 22.7. The zero-order valence-corrected chi connectivity index (χ0v) is 22.7. The van der Waals surface area contributed by atoms with Crippen molar-refractivity contribution in [1.29, 1.82) is 5.26 Å². The average Bonchev–Trinajstić information content (AvgIpc) is 3.10. The molecule has 208 valence electrons. The number of alkyl halides is 3. The molecule has 0 saturated carbocycles. The monoisotopic (exact) mass is 534 g/mol. The molecule has 2 heterocycles. The first-order chi connectivity index (χ1) is 17.8. The standard InChI is InChI=1S/C20H31F3N4O2.C7H6N2/c1-5-7-11-27(10-6-2)14(28)8-9-24-17-16-13(12-19(17,3)4)15(20(21,22)23)18(29)26-25-16;1-6-2-3-7(4-8)5-9-6/h17,24H,5-12H2,1-4H3,(H,26,29);2-3,5H,1H3. The van der Waals surface area contributed by atoms with Gasteiger partial charge in [-0.25, -0.2) is 5.10 Å². The van der Waals surface area contributed by atoms with Crippen molar-refractivity contribution in [2.75, 3.05) is 19.6 Å². The van der Waals surface area contributed by atoms with Crippen LogP contribution in [0.5, 0.6) is 0 Å². The predicted molar refractivity (Wildman–Crippen MR) is 138 cm³/mol. The SMILES string of the molecule is CCCCN(CCC)C(=O)CCNC1c2n[nH]c(=O)c(C(F)(F)F)c2CC1(C)C.Cc1ccc(C#N)cn1. The highest BCUT2D eigenvalue weighted by molar-refractivity contribution is 5.76. The zero-order chi connectivity index (χ0) is 28.5. The highest BCUT2D eigenvalue weighted by Gasteiger charge is 2.47. The lowest BCUT2D eigenvalue weighted by Gasteiger charge is -2.28. The summed E-state index contributed by atoms with van der Waals surface area (Å²) < 4.78 is 40.2. The van der Waals surface area contributed by atoms with Gasteiger partial charge < -0.3 is 10.2 Å². The lowest BCUT2D eigenvalue weighted by atomic mass is 9.85. The van der Waals surface area contributed by atoms with E-state index in [2.05, 4.69) is 22.3 Å². The van der Waals surface area contributed by atoms with E-state index in [9.17, 15) is 22.8 Å². The maximum Gasteiger partial charge on any atom is 0.422 e. The van der Waals surface area contributed by atoms with Gasteiger partial charge in [-0.15, -0.1) is 0 Å². The van der Waals surface area contributed by atoms with E-state index >= 15 is 0 Å². The normalized spacial score (nSPS) is 15.7. The van der Waals surface area contributed by atoms with Crippen molar-refractivity contribution in [1.82, 2.24) is 25.4 Å². The van der Waals surface area contributed by atoms with Crippen LogP contribution in [0.25, 0.3) is 0 Å². The molecule has 0 radical (unpaired) electrons. The fraction of sp³-hybridized carbons (Fsp3) is 0.593. The van der Waals surface area contributed by atoms with Crippen molar-refractivity contribution in [2.45, 2.75) is 78.9 Å². The molecule has 1 aliphatic carbocycles. The summed E-state index contributed by atoms with van der Waals surface area (Å²) in [6.07, 6.45) is 0.0173. The van der Waals surface area contributed by atoms with Crippen LogP contribution in [0.3, 0.4) is 0 Å². The second-order valence-electron chi connectivity index (χ2n) is 10.1. The number of nitriles is 1.